The third-order valence-electron chi connectivity index (χ3n) is 1.84. The van der Waals surface area contributed by atoms with Gasteiger partial charge in [-0.05, 0) is 18.2 Å². The van der Waals surface area contributed by atoms with Crippen molar-refractivity contribution >= 4 is 28.8 Å². The number of carbonyl (C=O) groups is 1. The summed E-state index contributed by atoms with van der Waals surface area (Å²) >= 11 is 5.80. The highest BCUT2D eigenvalue weighted by Crippen LogP contribution is 2.26. The van der Waals surface area contributed by atoms with Gasteiger partial charge in [0, 0.05) is 10.9 Å². The molecule has 0 saturated carbocycles. The second-order valence-electron chi connectivity index (χ2n) is 2.66. The fourth-order valence-electron chi connectivity index (χ4n) is 1.23. The van der Waals surface area contributed by atoms with Crippen LogP contribution in [-0.4, -0.2) is 11.3 Å². The molecule has 1 aromatic carbocycles. The van der Waals surface area contributed by atoms with Crippen LogP contribution in [0.3, 0.4) is 0 Å². The van der Waals surface area contributed by atoms with Crippen LogP contribution in [0.15, 0.2) is 18.2 Å². The van der Waals surface area contributed by atoms with Gasteiger partial charge in [-0.1, -0.05) is 11.6 Å². The smallest absolute Gasteiger partial charge is 0.167 e. The summed E-state index contributed by atoms with van der Waals surface area (Å²) in [6.07, 6.45) is 0.611. The number of rotatable bonds is 1. The number of hydrogen-bond donors (Lipinski definition) is 1. The number of hydrogen-bond acceptors (Lipinski definition) is 1. The predicted octanol–water partition coefficient (Wildman–Crippen LogP) is 2.77. The summed E-state index contributed by atoms with van der Waals surface area (Å²) in [6, 6.07) is 4.15. The van der Waals surface area contributed by atoms with E-state index in [1.54, 1.807) is 6.07 Å². The number of aldehydes is 1. The molecule has 1 aromatic heterocycles. The van der Waals surface area contributed by atoms with Crippen molar-refractivity contribution in [2.45, 2.75) is 0 Å². The summed E-state index contributed by atoms with van der Waals surface area (Å²) < 4.78 is 12.8. The lowest BCUT2D eigenvalue weighted by Gasteiger charge is -1.89. The third kappa shape index (κ3) is 1.21. The summed E-state index contributed by atoms with van der Waals surface area (Å²) in [4.78, 5) is 13.2. The van der Waals surface area contributed by atoms with E-state index in [0.29, 0.717) is 17.2 Å². The average molecular weight is 198 g/mol. The maximum Gasteiger partial charge on any atom is 0.167 e. The largest absolute Gasteiger partial charge is 0.351 e. The van der Waals surface area contributed by atoms with Gasteiger partial charge in [-0.25, -0.2) is 4.39 Å². The van der Waals surface area contributed by atoms with Gasteiger partial charge in [0.25, 0.3) is 0 Å². The molecule has 0 amide bonds. The summed E-state index contributed by atoms with van der Waals surface area (Å²) in [6.45, 7) is 0. The Hall–Kier alpha value is -1.35. The van der Waals surface area contributed by atoms with Crippen LogP contribution in [0, 0.1) is 5.82 Å². The summed E-state index contributed by atoms with van der Waals surface area (Å²) in [7, 11) is 0. The van der Waals surface area contributed by atoms with E-state index in [1.807, 2.05) is 0 Å². The Morgan fingerprint density at radius 3 is 2.92 bits per heavy atom. The van der Waals surface area contributed by atoms with Gasteiger partial charge in [0.15, 0.2) is 6.29 Å². The van der Waals surface area contributed by atoms with Crippen LogP contribution in [0.25, 0.3) is 10.9 Å². The molecule has 1 N–H and O–H groups in total. The zero-order chi connectivity index (χ0) is 9.42. The van der Waals surface area contributed by atoms with Crippen molar-refractivity contribution in [1.82, 2.24) is 4.98 Å². The number of nitrogens with one attached hydrogen (secondary N) is 1. The molecule has 0 aliphatic rings. The molecule has 0 spiro atoms. The molecule has 2 rings (SSSR count). The number of fused-ring (bicyclic) bond motifs is 1. The SMILES string of the molecule is O=Cc1[nH]c2ccc(F)cc2c1Cl. The first-order valence-corrected chi connectivity index (χ1v) is 4.02. The van der Waals surface area contributed by atoms with Crippen molar-refractivity contribution in [2.75, 3.05) is 0 Å². The molecule has 13 heavy (non-hydrogen) atoms. The molecule has 4 heteroatoms. The zero-order valence-electron chi connectivity index (χ0n) is 6.47. The molecule has 66 valence electrons. The Morgan fingerprint density at radius 1 is 1.46 bits per heavy atom. The van der Waals surface area contributed by atoms with Gasteiger partial charge in [-0.3, -0.25) is 4.79 Å². The Morgan fingerprint density at radius 2 is 2.23 bits per heavy atom. The number of halogens is 2. The molecule has 0 fully saturated rings. The number of carbonyl (C=O) groups excluding carboxylic acids is 1. The first-order chi connectivity index (χ1) is 6.22. The van der Waals surface area contributed by atoms with E-state index in [0.717, 1.165) is 0 Å². The maximum absolute atomic E-state index is 12.8. The first kappa shape index (κ1) is 8.26. The fraction of sp³-hybridized carbons (Fsp3) is 0. The van der Waals surface area contributed by atoms with Gasteiger partial charge in [0.2, 0.25) is 0 Å². The van der Waals surface area contributed by atoms with E-state index < -0.39 is 0 Å². The van der Waals surface area contributed by atoms with Gasteiger partial charge in [-0.2, -0.15) is 0 Å². The lowest BCUT2D eigenvalue weighted by molar-refractivity contribution is 0.112. The highest BCUT2D eigenvalue weighted by atomic mass is 35.5. The van der Waals surface area contributed by atoms with E-state index in [9.17, 15) is 9.18 Å². The maximum atomic E-state index is 12.8. The Balaban J connectivity index is 2.84. The van der Waals surface area contributed by atoms with E-state index in [1.165, 1.54) is 12.1 Å². The number of benzene rings is 1. The lowest BCUT2D eigenvalue weighted by atomic mass is 10.2. The van der Waals surface area contributed by atoms with Crippen molar-refractivity contribution in [3.05, 3.63) is 34.7 Å². The molecule has 0 aliphatic carbocycles. The number of aromatic amines is 1. The standard InChI is InChI=1S/C9H5ClFNO/c10-9-6-3-5(11)1-2-7(6)12-8(9)4-13/h1-4,12H. The molecule has 2 aromatic rings. The first-order valence-electron chi connectivity index (χ1n) is 3.64. The van der Waals surface area contributed by atoms with Crippen LogP contribution in [0.4, 0.5) is 4.39 Å². The van der Waals surface area contributed by atoms with Crippen molar-refractivity contribution in [2.24, 2.45) is 0 Å². The van der Waals surface area contributed by atoms with Gasteiger partial charge < -0.3 is 4.98 Å². The van der Waals surface area contributed by atoms with E-state index in [4.69, 9.17) is 11.6 Å². The van der Waals surface area contributed by atoms with Gasteiger partial charge in [0.05, 0.1) is 10.7 Å². The van der Waals surface area contributed by atoms with E-state index in [-0.39, 0.29) is 16.5 Å². The van der Waals surface area contributed by atoms with Crippen LogP contribution < -0.4 is 0 Å². The molecule has 0 radical (unpaired) electrons. The summed E-state index contributed by atoms with van der Waals surface area (Å²) in [5, 5.41) is 0.799. The highest BCUT2D eigenvalue weighted by molar-refractivity contribution is 6.37. The lowest BCUT2D eigenvalue weighted by Crippen LogP contribution is -1.76. The molecular weight excluding hydrogens is 193 g/mol. The number of aromatic nitrogens is 1. The minimum atomic E-state index is -0.370. The molecule has 0 atom stereocenters. The second-order valence-corrected chi connectivity index (χ2v) is 3.04. The van der Waals surface area contributed by atoms with Crippen molar-refractivity contribution in [1.29, 1.82) is 0 Å². The second kappa shape index (κ2) is 2.85. The predicted molar refractivity (Wildman–Crippen MR) is 48.7 cm³/mol. The van der Waals surface area contributed by atoms with Crippen LogP contribution in [0.5, 0.6) is 0 Å². The Kier molecular flexibility index (Phi) is 1.81. The summed E-state index contributed by atoms with van der Waals surface area (Å²) in [5.74, 6) is -0.370. The normalized spacial score (nSPS) is 10.6. The molecule has 0 bridgehead atoms. The zero-order valence-corrected chi connectivity index (χ0v) is 7.23. The van der Waals surface area contributed by atoms with Crippen LogP contribution >= 0.6 is 11.6 Å². The van der Waals surface area contributed by atoms with Crippen molar-refractivity contribution in [3.63, 3.8) is 0 Å². The minimum absolute atomic E-state index is 0.268. The Labute approximate surface area is 78.3 Å². The quantitative estimate of drug-likeness (QED) is 0.701. The van der Waals surface area contributed by atoms with Crippen molar-refractivity contribution < 1.29 is 9.18 Å². The monoisotopic (exact) mass is 197 g/mol. The molecule has 1 heterocycles. The fourth-order valence-corrected chi connectivity index (χ4v) is 1.48. The summed E-state index contributed by atoms with van der Waals surface area (Å²) in [5.41, 5.74) is 0.941. The van der Waals surface area contributed by atoms with Crippen LogP contribution in [-0.2, 0) is 0 Å². The van der Waals surface area contributed by atoms with Crippen LogP contribution in [0.2, 0.25) is 5.02 Å². The van der Waals surface area contributed by atoms with Crippen molar-refractivity contribution in [3.8, 4) is 0 Å². The third-order valence-corrected chi connectivity index (χ3v) is 2.25. The topological polar surface area (TPSA) is 32.9 Å². The minimum Gasteiger partial charge on any atom is -0.351 e. The highest BCUT2D eigenvalue weighted by Gasteiger charge is 2.08. The van der Waals surface area contributed by atoms with Gasteiger partial charge in [-0.15, -0.1) is 0 Å². The van der Waals surface area contributed by atoms with E-state index >= 15 is 0 Å². The Bertz CT molecular complexity index is 478. The van der Waals surface area contributed by atoms with Gasteiger partial charge >= 0.3 is 0 Å². The van der Waals surface area contributed by atoms with Crippen LogP contribution in [0.1, 0.15) is 10.5 Å². The molecule has 0 saturated heterocycles. The molecule has 2 nitrogen and oxygen atoms in total. The average Bonchev–Trinajstić information content (AvgIpc) is 2.44. The van der Waals surface area contributed by atoms with E-state index in [2.05, 4.69) is 4.98 Å². The molecular formula is C9H5ClFNO. The number of H-pyrrole nitrogens is 1. The van der Waals surface area contributed by atoms with Gasteiger partial charge in [0.1, 0.15) is 5.82 Å². The molecule has 0 unspecified atom stereocenters. The molecule has 0 aliphatic heterocycles.